The highest BCUT2D eigenvalue weighted by Crippen LogP contribution is 2.13. The third kappa shape index (κ3) is 2.80. The zero-order valence-corrected chi connectivity index (χ0v) is 9.46. The van der Waals surface area contributed by atoms with E-state index in [2.05, 4.69) is 25.9 Å². The molecule has 1 aliphatic rings. The van der Waals surface area contributed by atoms with Crippen molar-refractivity contribution in [3.63, 3.8) is 0 Å². The number of hydrogen-bond acceptors (Lipinski definition) is 5. The average Bonchev–Trinajstić information content (AvgIpc) is 2.74. The molecular formula is C10H14FN5O. The first-order valence-corrected chi connectivity index (χ1v) is 5.42. The van der Waals surface area contributed by atoms with E-state index in [9.17, 15) is 9.18 Å². The molecule has 1 atom stereocenters. The molecule has 0 bridgehead atoms. The molecule has 0 saturated carbocycles. The van der Waals surface area contributed by atoms with Crippen LogP contribution in [-0.4, -0.2) is 35.5 Å². The van der Waals surface area contributed by atoms with E-state index in [1.165, 1.54) is 0 Å². The minimum atomic E-state index is -0.506. The van der Waals surface area contributed by atoms with Gasteiger partial charge in [0.25, 0.3) is 0 Å². The van der Waals surface area contributed by atoms with Gasteiger partial charge in [0, 0.05) is 26.1 Å². The zero-order chi connectivity index (χ0) is 12.3. The number of nitrogens with one attached hydrogen (secondary N) is 3. The smallest absolute Gasteiger partial charge is 0.224 e. The Labute approximate surface area is 98.0 Å². The molecule has 0 spiro atoms. The maximum absolute atomic E-state index is 13.4. The lowest BCUT2D eigenvalue weighted by Gasteiger charge is -2.12. The van der Waals surface area contributed by atoms with Crippen molar-refractivity contribution in [2.45, 2.75) is 18.9 Å². The van der Waals surface area contributed by atoms with Crippen LogP contribution in [0.3, 0.4) is 0 Å². The van der Waals surface area contributed by atoms with Crippen molar-refractivity contribution in [2.75, 3.05) is 24.2 Å². The van der Waals surface area contributed by atoms with Crippen LogP contribution in [0.2, 0.25) is 0 Å². The van der Waals surface area contributed by atoms with Crippen LogP contribution in [0.5, 0.6) is 0 Å². The van der Waals surface area contributed by atoms with Gasteiger partial charge >= 0.3 is 0 Å². The standard InChI is InChI=1S/C10H14FN5O/c1-12-10-14-5-7(11)9(16-10)13-4-6-2-3-8(17)15-6/h5-6H,2-4H2,1H3,(H,15,17)(H2,12,13,14,16). The molecule has 2 rings (SSSR count). The van der Waals surface area contributed by atoms with Gasteiger partial charge in [0.15, 0.2) is 11.6 Å². The molecule has 1 unspecified atom stereocenters. The minimum absolute atomic E-state index is 0.0369. The normalized spacial score (nSPS) is 18.9. The highest BCUT2D eigenvalue weighted by Gasteiger charge is 2.20. The maximum Gasteiger partial charge on any atom is 0.224 e. The van der Waals surface area contributed by atoms with Crippen LogP contribution in [-0.2, 0) is 4.79 Å². The number of amides is 1. The van der Waals surface area contributed by atoms with E-state index in [0.717, 1.165) is 12.6 Å². The molecular weight excluding hydrogens is 225 g/mol. The van der Waals surface area contributed by atoms with Crippen LogP contribution in [0.4, 0.5) is 16.2 Å². The summed E-state index contributed by atoms with van der Waals surface area (Å²) in [5, 5.41) is 8.39. The van der Waals surface area contributed by atoms with Crippen molar-refractivity contribution in [2.24, 2.45) is 0 Å². The highest BCUT2D eigenvalue weighted by molar-refractivity contribution is 5.78. The fourth-order valence-electron chi connectivity index (χ4n) is 1.66. The lowest BCUT2D eigenvalue weighted by molar-refractivity contribution is -0.119. The van der Waals surface area contributed by atoms with E-state index < -0.39 is 5.82 Å². The lowest BCUT2D eigenvalue weighted by Crippen LogP contribution is -2.32. The van der Waals surface area contributed by atoms with E-state index in [1.54, 1.807) is 7.05 Å². The Kier molecular flexibility index (Phi) is 3.36. The summed E-state index contributed by atoms with van der Waals surface area (Å²) >= 11 is 0. The van der Waals surface area contributed by atoms with Gasteiger partial charge in [0.1, 0.15) is 0 Å². The maximum atomic E-state index is 13.4. The van der Waals surface area contributed by atoms with Gasteiger partial charge in [0.2, 0.25) is 11.9 Å². The van der Waals surface area contributed by atoms with Gasteiger partial charge in [-0.1, -0.05) is 0 Å². The second-order valence-corrected chi connectivity index (χ2v) is 3.82. The molecule has 0 radical (unpaired) electrons. The Bertz CT molecular complexity index is 425. The van der Waals surface area contributed by atoms with Crippen LogP contribution in [0, 0.1) is 5.82 Å². The molecule has 7 heteroatoms. The van der Waals surface area contributed by atoms with Crippen molar-refractivity contribution in [1.82, 2.24) is 15.3 Å². The Balaban J connectivity index is 1.96. The average molecular weight is 239 g/mol. The monoisotopic (exact) mass is 239 g/mol. The first kappa shape index (κ1) is 11.6. The quantitative estimate of drug-likeness (QED) is 0.706. The van der Waals surface area contributed by atoms with Crippen LogP contribution in [0.1, 0.15) is 12.8 Å². The fourth-order valence-corrected chi connectivity index (χ4v) is 1.66. The number of nitrogens with zero attached hydrogens (tertiary/aromatic N) is 2. The summed E-state index contributed by atoms with van der Waals surface area (Å²) in [4.78, 5) is 18.7. The van der Waals surface area contributed by atoms with Crippen molar-refractivity contribution in [1.29, 1.82) is 0 Å². The predicted octanol–water partition coefficient (Wildman–Crippen LogP) is 0.348. The summed E-state index contributed by atoms with van der Waals surface area (Å²) in [7, 11) is 1.66. The Morgan fingerprint density at radius 1 is 1.65 bits per heavy atom. The summed E-state index contributed by atoms with van der Waals surface area (Å²) in [5.41, 5.74) is 0. The number of carbonyl (C=O) groups excluding carboxylic acids is 1. The summed E-state index contributed by atoms with van der Waals surface area (Å²) in [6, 6.07) is 0.0369. The van der Waals surface area contributed by atoms with Gasteiger partial charge in [-0.2, -0.15) is 4.98 Å². The molecule has 0 aliphatic carbocycles. The van der Waals surface area contributed by atoms with Crippen molar-refractivity contribution in [3.05, 3.63) is 12.0 Å². The SMILES string of the molecule is CNc1ncc(F)c(NCC2CCC(=O)N2)n1. The molecule has 3 N–H and O–H groups in total. The second kappa shape index (κ2) is 4.94. The number of rotatable bonds is 4. The summed E-state index contributed by atoms with van der Waals surface area (Å²) in [5.74, 6) is 0.0269. The molecule has 1 amide bonds. The molecule has 1 saturated heterocycles. The van der Waals surface area contributed by atoms with E-state index in [0.29, 0.717) is 18.9 Å². The number of anilines is 2. The molecule has 1 aliphatic heterocycles. The second-order valence-electron chi connectivity index (χ2n) is 3.82. The van der Waals surface area contributed by atoms with Gasteiger partial charge in [-0.15, -0.1) is 0 Å². The summed E-state index contributed by atoms with van der Waals surface area (Å²) in [6.45, 7) is 0.461. The summed E-state index contributed by atoms with van der Waals surface area (Å²) < 4.78 is 13.4. The molecule has 0 aromatic carbocycles. The Morgan fingerprint density at radius 2 is 2.47 bits per heavy atom. The van der Waals surface area contributed by atoms with Crippen LogP contribution in [0.15, 0.2) is 6.20 Å². The van der Waals surface area contributed by atoms with Crippen molar-refractivity contribution in [3.8, 4) is 0 Å². The predicted molar refractivity (Wildman–Crippen MR) is 61.2 cm³/mol. The number of hydrogen-bond donors (Lipinski definition) is 3. The van der Waals surface area contributed by atoms with E-state index in [-0.39, 0.29) is 17.8 Å². The fraction of sp³-hybridized carbons (Fsp3) is 0.500. The zero-order valence-electron chi connectivity index (χ0n) is 9.46. The van der Waals surface area contributed by atoms with Crippen molar-refractivity contribution < 1.29 is 9.18 Å². The van der Waals surface area contributed by atoms with Gasteiger partial charge in [-0.3, -0.25) is 4.79 Å². The van der Waals surface area contributed by atoms with E-state index in [1.807, 2.05) is 0 Å². The minimum Gasteiger partial charge on any atom is -0.365 e. The molecule has 6 nitrogen and oxygen atoms in total. The van der Waals surface area contributed by atoms with Gasteiger partial charge in [-0.05, 0) is 6.42 Å². The number of halogens is 1. The van der Waals surface area contributed by atoms with Gasteiger partial charge < -0.3 is 16.0 Å². The Morgan fingerprint density at radius 3 is 3.12 bits per heavy atom. The number of carbonyl (C=O) groups is 1. The molecule has 2 heterocycles. The van der Waals surface area contributed by atoms with Crippen LogP contribution < -0.4 is 16.0 Å². The van der Waals surface area contributed by atoms with Crippen LogP contribution >= 0.6 is 0 Å². The van der Waals surface area contributed by atoms with Gasteiger partial charge in [-0.25, -0.2) is 9.37 Å². The lowest BCUT2D eigenvalue weighted by atomic mass is 10.2. The first-order chi connectivity index (χ1) is 8.19. The molecule has 17 heavy (non-hydrogen) atoms. The van der Waals surface area contributed by atoms with Crippen molar-refractivity contribution >= 4 is 17.7 Å². The first-order valence-electron chi connectivity index (χ1n) is 5.42. The van der Waals surface area contributed by atoms with E-state index in [4.69, 9.17) is 0 Å². The third-order valence-electron chi connectivity index (χ3n) is 2.57. The summed E-state index contributed by atoms with van der Waals surface area (Å²) in [6.07, 6.45) is 2.40. The van der Waals surface area contributed by atoms with Gasteiger partial charge in [0.05, 0.1) is 6.20 Å². The largest absolute Gasteiger partial charge is 0.365 e. The topological polar surface area (TPSA) is 78.9 Å². The number of aromatic nitrogens is 2. The molecule has 1 aromatic rings. The molecule has 1 fully saturated rings. The third-order valence-corrected chi connectivity index (χ3v) is 2.57. The molecule has 1 aromatic heterocycles. The highest BCUT2D eigenvalue weighted by atomic mass is 19.1. The van der Waals surface area contributed by atoms with E-state index >= 15 is 0 Å². The van der Waals surface area contributed by atoms with Crippen LogP contribution in [0.25, 0.3) is 0 Å². The molecule has 92 valence electrons. The Hall–Kier alpha value is -1.92.